The average molecular weight is 251 g/mol. The van der Waals surface area contributed by atoms with Crippen LogP contribution in [0.25, 0.3) is 11.0 Å². The Balaban J connectivity index is 2.55. The molecule has 2 aromatic rings. The Morgan fingerprint density at radius 3 is 2.82 bits per heavy atom. The van der Waals surface area contributed by atoms with Gasteiger partial charge in [0.1, 0.15) is 0 Å². The van der Waals surface area contributed by atoms with Crippen LogP contribution in [-0.4, -0.2) is 22.5 Å². The Labute approximate surface area is 104 Å². The maximum absolute atomic E-state index is 11.6. The van der Waals surface area contributed by atoms with E-state index in [1.165, 1.54) is 0 Å². The van der Waals surface area contributed by atoms with Crippen molar-refractivity contribution in [2.45, 2.75) is 13.8 Å². The molecule has 17 heavy (non-hydrogen) atoms. The summed E-state index contributed by atoms with van der Waals surface area (Å²) in [6.45, 7) is 3.96. The smallest absolute Gasteiger partial charge is 0.360 e. The Kier molecular flexibility index (Phi) is 3.24. The highest BCUT2D eigenvalue weighted by Crippen LogP contribution is 2.18. The molecule has 0 amide bonds. The standard InChI is InChI=1S/C12H11ClN2O2/c1-3-17-12(16)10-11(13)15-9-6-7(2)4-5-8(9)14-10/h4-6H,3H2,1-2H3. The van der Waals surface area contributed by atoms with E-state index in [9.17, 15) is 4.79 Å². The highest BCUT2D eigenvalue weighted by atomic mass is 35.5. The van der Waals surface area contributed by atoms with Crippen LogP contribution < -0.4 is 0 Å². The average Bonchev–Trinajstić information content (AvgIpc) is 2.28. The third kappa shape index (κ3) is 2.36. The third-order valence-corrected chi connectivity index (χ3v) is 2.51. The molecular formula is C12H11ClN2O2. The minimum Gasteiger partial charge on any atom is -0.461 e. The summed E-state index contributed by atoms with van der Waals surface area (Å²) in [5.41, 5.74) is 2.42. The number of carbonyl (C=O) groups is 1. The number of halogens is 1. The van der Waals surface area contributed by atoms with Gasteiger partial charge in [0.15, 0.2) is 10.8 Å². The largest absolute Gasteiger partial charge is 0.461 e. The molecule has 5 heteroatoms. The summed E-state index contributed by atoms with van der Waals surface area (Å²) in [6.07, 6.45) is 0. The number of aromatic nitrogens is 2. The van der Waals surface area contributed by atoms with Gasteiger partial charge in [-0.2, -0.15) is 0 Å². The Bertz CT molecular complexity index is 584. The lowest BCUT2D eigenvalue weighted by Crippen LogP contribution is -2.09. The molecule has 0 aliphatic heterocycles. The van der Waals surface area contributed by atoms with Crippen molar-refractivity contribution in [3.8, 4) is 0 Å². The van der Waals surface area contributed by atoms with E-state index in [-0.39, 0.29) is 17.5 Å². The molecule has 4 nitrogen and oxygen atoms in total. The molecule has 0 radical (unpaired) electrons. The second-order valence-electron chi connectivity index (χ2n) is 3.58. The molecule has 1 heterocycles. The van der Waals surface area contributed by atoms with Crippen LogP contribution >= 0.6 is 11.6 Å². The van der Waals surface area contributed by atoms with E-state index in [0.29, 0.717) is 11.0 Å². The first-order valence-electron chi connectivity index (χ1n) is 5.23. The fourth-order valence-corrected chi connectivity index (χ4v) is 1.68. The van der Waals surface area contributed by atoms with Gasteiger partial charge < -0.3 is 4.74 Å². The molecule has 1 aromatic heterocycles. The molecule has 0 N–H and O–H groups in total. The number of fused-ring (bicyclic) bond motifs is 1. The Morgan fingerprint density at radius 2 is 2.12 bits per heavy atom. The van der Waals surface area contributed by atoms with Gasteiger partial charge in [-0.05, 0) is 31.5 Å². The number of nitrogens with zero attached hydrogens (tertiary/aromatic N) is 2. The number of ether oxygens (including phenoxy) is 1. The summed E-state index contributed by atoms with van der Waals surface area (Å²) in [7, 11) is 0. The second-order valence-corrected chi connectivity index (χ2v) is 3.93. The second kappa shape index (κ2) is 4.67. The summed E-state index contributed by atoms with van der Waals surface area (Å²) in [5.74, 6) is -0.549. The highest BCUT2D eigenvalue weighted by molar-refractivity contribution is 6.32. The zero-order valence-electron chi connectivity index (χ0n) is 9.53. The van der Waals surface area contributed by atoms with E-state index in [1.807, 2.05) is 19.1 Å². The number of esters is 1. The number of aryl methyl sites for hydroxylation is 1. The van der Waals surface area contributed by atoms with E-state index in [4.69, 9.17) is 16.3 Å². The molecule has 0 bridgehead atoms. The number of carbonyl (C=O) groups excluding carboxylic acids is 1. The van der Waals surface area contributed by atoms with E-state index < -0.39 is 5.97 Å². The minimum atomic E-state index is -0.549. The van der Waals surface area contributed by atoms with Gasteiger partial charge in [-0.25, -0.2) is 14.8 Å². The lowest BCUT2D eigenvalue weighted by molar-refractivity contribution is 0.0519. The molecule has 88 valence electrons. The summed E-state index contributed by atoms with van der Waals surface area (Å²) in [6, 6.07) is 5.57. The Hall–Kier alpha value is -1.68. The van der Waals surface area contributed by atoms with Gasteiger partial charge in [-0.3, -0.25) is 0 Å². The molecule has 0 fully saturated rings. The van der Waals surface area contributed by atoms with Crippen molar-refractivity contribution in [2.75, 3.05) is 6.61 Å². The Morgan fingerprint density at radius 1 is 1.35 bits per heavy atom. The minimum absolute atomic E-state index is 0.0601. The van der Waals surface area contributed by atoms with Crippen LogP contribution in [0.1, 0.15) is 23.0 Å². The van der Waals surface area contributed by atoms with Gasteiger partial charge in [0, 0.05) is 0 Å². The van der Waals surface area contributed by atoms with Crippen LogP contribution in [-0.2, 0) is 4.74 Å². The monoisotopic (exact) mass is 250 g/mol. The molecule has 0 saturated heterocycles. The molecule has 0 aliphatic rings. The van der Waals surface area contributed by atoms with Crippen molar-refractivity contribution in [1.29, 1.82) is 0 Å². The molecule has 0 aliphatic carbocycles. The number of hydrogen-bond acceptors (Lipinski definition) is 4. The van der Waals surface area contributed by atoms with Gasteiger partial charge in [0.25, 0.3) is 0 Å². The maximum atomic E-state index is 11.6. The quantitative estimate of drug-likeness (QED) is 0.769. The third-order valence-electron chi connectivity index (χ3n) is 2.25. The van der Waals surface area contributed by atoms with Crippen LogP contribution in [0.5, 0.6) is 0 Å². The predicted molar refractivity (Wildman–Crippen MR) is 65.2 cm³/mol. The zero-order valence-corrected chi connectivity index (χ0v) is 10.3. The molecule has 1 aromatic carbocycles. The van der Waals surface area contributed by atoms with E-state index >= 15 is 0 Å². The molecule has 0 unspecified atom stereocenters. The van der Waals surface area contributed by atoms with Crippen molar-refractivity contribution in [1.82, 2.24) is 9.97 Å². The van der Waals surface area contributed by atoms with Crippen LogP contribution in [0.4, 0.5) is 0 Å². The summed E-state index contributed by atoms with van der Waals surface area (Å²) < 4.78 is 4.86. The van der Waals surface area contributed by atoms with Crippen LogP contribution in [0.3, 0.4) is 0 Å². The lowest BCUT2D eigenvalue weighted by Gasteiger charge is -2.05. The van der Waals surface area contributed by atoms with Crippen molar-refractivity contribution in [3.63, 3.8) is 0 Å². The van der Waals surface area contributed by atoms with Crippen LogP contribution in [0.2, 0.25) is 5.15 Å². The first kappa shape index (κ1) is 11.8. The lowest BCUT2D eigenvalue weighted by atomic mass is 10.2. The van der Waals surface area contributed by atoms with Crippen LogP contribution in [0.15, 0.2) is 18.2 Å². The van der Waals surface area contributed by atoms with Gasteiger partial charge in [0.2, 0.25) is 0 Å². The topological polar surface area (TPSA) is 52.1 Å². The van der Waals surface area contributed by atoms with Crippen molar-refractivity contribution >= 4 is 28.6 Å². The molecule has 2 rings (SSSR count). The zero-order chi connectivity index (χ0) is 12.4. The predicted octanol–water partition coefficient (Wildman–Crippen LogP) is 2.77. The maximum Gasteiger partial charge on any atom is 0.360 e. The highest BCUT2D eigenvalue weighted by Gasteiger charge is 2.15. The first-order chi connectivity index (χ1) is 8.11. The van der Waals surface area contributed by atoms with E-state index in [2.05, 4.69) is 9.97 Å². The fourth-order valence-electron chi connectivity index (χ4n) is 1.47. The normalized spacial score (nSPS) is 10.5. The summed E-state index contributed by atoms with van der Waals surface area (Å²) >= 11 is 5.91. The fraction of sp³-hybridized carbons (Fsp3) is 0.250. The molecule has 0 saturated carbocycles. The van der Waals surface area contributed by atoms with Gasteiger partial charge in [-0.15, -0.1) is 0 Å². The van der Waals surface area contributed by atoms with Crippen molar-refractivity contribution < 1.29 is 9.53 Å². The van der Waals surface area contributed by atoms with Gasteiger partial charge in [-0.1, -0.05) is 17.7 Å². The molecular weight excluding hydrogens is 240 g/mol. The molecule has 0 spiro atoms. The number of hydrogen-bond donors (Lipinski definition) is 0. The summed E-state index contributed by atoms with van der Waals surface area (Å²) in [4.78, 5) is 19.9. The van der Waals surface area contributed by atoms with Gasteiger partial charge >= 0.3 is 5.97 Å². The van der Waals surface area contributed by atoms with E-state index in [0.717, 1.165) is 5.56 Å². The van der Waals surface area contributed by atoms with E-state index in [1.54, 1.807) is 13.0 Å². The number of benzene rings is 1. The first-order valence-corrected chi connectivity index (χ1v) is 5.60. The van der Waals surface area contributed by atoms with Crippen molar-refractivity contribution in [2.24, 2.45) is 0 Å². The SMILES string of the molecule is CCOC(=O)c1nc2ccc(C)cc2nc1Cl. The summed E-state index contributed by atoms with van der Waals surface area (Å²) in [5, 5.41) is 0.0709. The number of rotatable bonds is 2. The van der Waals surface area contributed by atoms with Gasteiger partial charge in [0.05, 0.1) is 17.6 Å². The van der Waals surface area contributed by atoms with Crippen LogP contribution in [0, 0.1) is 6.92 Å². The molecule has 0 atom stereocenters. The van der Waals surface area contributed by atoms with Crippen molar-refractivity contribution in [3.05, 3.63) is 34.6 Å².